The second-order valence-electron chi connectivity index (χ2n) is 15.3. The minimum atomic E-state index is -4.06. The van der Waals surface area contributed by atoms with Crippen LogP contribution in [0.2, 0.25) is 0 Å². The van der Waals surface area contributed by atoms with Gasteiger partial charge in [0.1, 0.15) is 17.6 Å². The molecule has 0 aromatic heterocycles. The maximum atomic E-state index is 14.0. The van der Waals surface area contributed by atoms with Gasteiger partial charge in [-0.15, -0.1) is 0 Å². The van der Waals surface area contributed by atoms with Gasteiger partial charge in [0.05, 0.1) is 55.5 Å². The molecule has 3 aromatic carbocycles. The first-order chi connectivity index (χ1) is 29.2. The molecule has 3 aromatic rings. The Labute approximate surface area is 359 Å². The molecule has 16 nitrogen and oxygen atoms in total. The van der Waals surface area contributed by atoms with Crippen LogP contribution in [0, 0.1) is 11.8 Å². The molecule has 336 valence electrons. The average Bonchev–Trinajstić information content (AvgIpc) is 3.85. The van der Waals surface area contributed by atoms with E-state index in [1.54, 1.807) is 49.4 Å². The van der Waals surface area contributed by atoms with Crippen LogP contribution in [0.4, 0.5) is 4.79 Å². The number of sulfonamides is 1. The van der Waals surface area contributed by atoms with Crippen molar-refractivity contribution in [3.8, 4) is 11.5 Å². The van der Waals surface area contributed by atoms with E-state index in [1.165, 1.54) is 23.4 Å². The molecule has 0 bridgehead atoms. The van der Waals surface area contributed by atoms with Gasteiger partial charge in [-0.1, -0.05) is 56.3 Å². The van der Waals surface area contributed by atoms with Crippen LogP contribution in [0.5, 0.6) is 11.5 Å². The first kappa shape index (κ1) is 48.0. The minimum Gasteiger partial charge on any atom is -0.494 e. The summed E-state index contributed by atoms with van der Waals surface area (Å²) < 4.78 is 81.9. The fourth-order valence-corrected chi connectivity index (χ4v) is 10.3. The molecule has 0 radical (unpaired) electrons. The van der Waals surface area contributed by atoms with Gasteiger partial charge in [-0.3, -0.25) is 4.52 Å². The highest BCUT2D eigenvalue weighted by Gasteiger charge is 2.44. The van der Waals surface area contributed by atoms with E-state index in [4.69, 9.17) is 32.7 Å². The van der Waals surface area contributed by atoms with Gasteiger partial charge < -0.3 is 43.9 Å². The SMILES string of the molecule is CCOC(=O)C(C)OP(=O)(CCNCc1ccc(CC(NC(=O)OC2COC3OCCC23)C(O)CN(CC(C)C)S(=O)(=O)c2ccc(OCC)cc2)cc1)Oc1ccccc1. The molecule has 3 N–H and O–H groups in total. The Kier molecular flexibility index (Phi) is 18.0. The zero-order chi connectivity index (χ0) is 44.0. The molecule has 61 heavy (non-hydrogen) atoms. The number of nitrogens with one attached hydrogen (secondary N) is 2. The van der Waals surface area contributed by atoms with Gasteiger partial charge in [0.2, 0.25) is 10.0 Å². The maximum Gasteiger partial charge on any atom is 0.407 e. The normalized spacial score (nSPS) is 20.0. The summed E-state index contributed by atoms with van der Waals surface area (Å²) in [7, 11) is -7.86. The lowest BCUT2D eigenvalue weighted by atomic mass is 10.00. The molecule has 7 unspecified atom stereocenters. The summed E-state index contributed by atoms with van der Waals surface area (Å²) in [5.41, 5.74) is 1.64. The Balaban J connectivity index is 1.26. The first-order valence-corrected chi connectivity index (χ1v) is 23.9. The lowest BCUT2D eigenvalue weighted by molar-refractivity contribution is -0.150. The molecule has 2 aliphatic heterocycles. The molecule has 1 amide bonds. The van der Waals surface area contributed by atoms with Crippen molar-refractivity contribution < 1.29 is 60.4 Å². The van der Waals surface area contributed by atoms with Gasteiger partial charge in [-0.05, 0) is 87.1 Å². The number of nitrogens with zero attached hydrogens (tertiary/aromatic N) is 1. The van der Waals surface area contributed by atoms with Crippen molar-refractivity contribution in [2.24, 2.45) is 11.8 Å². The molecule has 0 spiro atoms. The third-order valence-electron chi connectivity index (χ3n) is 10.0. The Morgan fingerprint density at radius 2 is 1.62 bits per heavy atom. The molecule has 2 saturated heterocycles. The molecular weight excluding hydrogens is 830 g/mol. The largest absolute Gasteiger partial charge is 0.494 e. The summed E-state index contributed by atoms with van der Waals surface area (Å²) in [6.07, 6.45) is -3.35. The Hall–Kier alpha value is -4.06. The van der Waals surface area contributed by atoms with Crippen LogP contribution in [-0.2, 0) is 55.8 Å². The summed E-state index contributed by atoms with van der Waals surface area (Å²) in [6.45, 7) is 10.5. The number of ether oxygens (including phenoxy) is 5. The van der Waals surface area contributed by atoms with Crippen molar-refractivity contribution in [2.75, 3.05) is 52.2 Å². The van der Waals surface area contributed by atoms with Crippen LogP contribution in [0.1, 0.15) is 52.2 Å². The summed E-state index contributed by atoms with van der Waals surface area (Å²) >= 11 is 0. The number of alkyl carbamates (subject to hydrolysis) is 1. The standard InChI is InChI=1S/C43H60N3O13PS/c1-6-53-34-17-19-36(20-18-34)61(51,52)46(27-30(3)4)28-39(47)38(45-43(49)57-40-29-56-42-37(40)21-23-55-42)25-32-13-15-33(16-14-32)26-44-22-24-60(50,58-31(5)41(48)54-7-2)59-35-11-9-8-10-12-35/h8-20,30-31,37-40,42,44,47H,6-7,21-29H2,1-5H3,(H,45,49). The molecular formula is C43H60N3O13PS. The summed E-state index contributed by atoms with van der Waals surface area (Å²) in [5.74, 6) is 0.0678. The summed E-state index contributed by atoms with van der Waals surface area (Å²) in [4.78, 5) is 25.7. The topological polar surface area (TPSA) is 197 Å². The van der Waals surface area contributed by atoms with Gasteiger partial charge >= 0.3 is 19.7 Å². The van der Waals surface area contributed by atoms with E-state index < -0.39 is 60.3 Å². The molecule has 2 aliphatic rings. The van der Waals surface area contributed by atoms with E-state index in [0.717, 1.165) is 11.1 Å². The first-order valence-electron chi connectivity index (χ1n) is 20.8. The number of carbonyl (C=O) groups is 2. The van der Waals surface area contributed by atoms with Crippen LogP contribution < -0.4 is 19.9 Å². The number of benzene rings is 3. The third kappa shape index (κ3) is 14.2. The highest BCUT2D eigenvalue weighted by Crippen LogP contribution is 2.49. The molecule has 2 heterocycles. The number of rotatable bonds is 24. The lowest BCUT2D eigenvalue weighted by Gasteiger charge is -2.31. The quantitative estimate of drug-likeness (QED) is 0.0578. The fraction of sp³-hybridized carbons (Fsp3) is 0.535. The van der Waals surface area contributed by atoms with Gasteiger partial charge in [-0.2, -0.15) is 4.31 Å². The average molecular weight is 890 g/mol. The second-order valence-corrected chi connectivity index (χ2v) is 19.3. The number of hydrogen-bond acceptors (Lipinski definition) is 14. The highest BCUT2D eigenvalue weighted by atomic mass is 32.2. The van der Waals surface area contributed by atoms with E-state index in [2.05, 4.69) is 10.6 Å². The maximum absolute atomic E-state index is 14.0. The number of hydrogen-bond donors (Lipinski definition) is 3. The van der Waals surface area contributed by atoms with Crippen molar-refractivity contribution in [1.29, 1.82) is 0 Å². The van der Waals surface area contributed by atoms with Crippen LogP contribution >= 0.6 is 7.60 Å². The Bertz CT molecular complexity index is 1990. The fourth-order valence-electron chi connectivity index (χ4n) is 6.99. The summed E-state index contributed by atoms with van der Waals surface area (Å²) in [6, 6.07) is 21.2. The van der Waals surface area contributed by atoms with Crippen LogP contribution in [-0.4, -0.2) is 113 Å². The molecule has 0 aliphatic carbocycles. The minimum absolute atomic E-state index is 0.0331. The molecule has 2 fully saturated rings. The molecule has 0 saturated carbocycles. The Morgan fingerprint density at radius 1 is 0.918 bits per heavy atom. The van der Waals surface area contributed by atoms with Gasteiger partial charge in [0, 0.05) is 26.2 Å². The predicted octanol–water partition coefficient (Wildman–Crippen LogP) is 5.52. The van der Waals surface area contributed by atoms with E-state index >= 15 is 0 Å². The highest BCUT2D eigenvalue weighted by molar-refractivity contribution is 7.89. The lowest BCUT2D eigenvalue weighted by Crippen LogP contribution is -2.51. The third-order valence-corrected chi connectivity index (χ3v) is 13.8. The number of aliphatic hydroxyl groups is 1. The Morgan fingerprint density at radius 3 is 2.30 bits per heavy atom. The number of carbonyl (C=O) groups excluding carboxylic acids is 2. The zero-order valence-electron chi connectivity index (χ0n) is 35.5. The van der Waals surface area contributed by atoms with Crippen molar-refractivity contribution in [3.05, 3.63) is 90.0 Å². The van der Waals surface area contributed by atoms with Crippen LogP contribution in [0.15, 0.2) is 83.8 Å². The number of para-hydroxylation sites is 1. The predicted molar refractivity (Wildman–Crippen MR) is 227 cm³/mol. The van der Waals surface area contributed by atoms with E-state index in [0.29, 0.717) is 37.7 Å². The van der Waals surface area contributed by atoms with Gasteiger partial charge in [0.15, 0.2) is 12.4 Å². The molecule has 5 rings (SSSR count). The van der Waals surface area contributed by atoms with Gasteiger partial charge in [-0.25, -0.2) is 22.6 Å². The number of amides is 1. The van der Waals surface area contributed by atoms with Crippen molar-refractivity contribution >= 4 is 29.7 Å². The van der Waals surface area contributed by atoms with Crippen LogP contribution in [0.3, 0.4) is 0 Å². The van der Waals surface area contributed by atoms with E-state index in [1.807, 2.05) is 45.0 Å². The van der Waals surface area contributed by atoms with Gasteiger partial charge in [0.25, 0.3) is 0 Å². The molecule has 18 heteroatoms. The van der Waals surface area contributed by atoms with Crippen molar-refractivity contribution in [1.82, 2.24) is 14.9 Å². The smallest absolute Gasteiger partial charge is 0.407 e. The number of esters is 1. The van der Waals surface area contributed by atoms with E-state index in [-0.39, 0.29) is 62.2 Å². The zero-order valence-corrected chi connectivity index (χ0v) is 37.2. The van der Waals surface area contributed by atoms with Crippen molar-refractivity contribution in [3.63, 3.8) is 0 Å². The molecule has 7 atom stereocenters. The van der Waals surface area contributed by atoms with Crippen molar-refractivity contribution in [2.45, 2.75) is 89.5 Å². The second kappa shape index (κ2) is 22.9. The van der Waals surface area contributed by atoms with Crippen LogP contribution in [0.25, 0.3) is 0 Å². The number of aliphatic hydroxyl groups excluding tert-OH is 1. The summed E-state index contributed by atoms with van der Waals surface area (Å²) in [5, 5.41) is 17.9. The monoisotopic (exact) mass is 889 g/mol. The number of fused-ring (bicyclic) bond motifs is 1. The van der Waals surface area contributed by atoms with E-state index in [9.17, 15) is 27.7 Å².